The summed E-state index contributed by atoms with van der Waals surface area (Å²) in [6.07, 6.45) is 2.26. The number of anilines is 2. The first-order valence-electron chi connectivity index (χ1n) is 6.92. The molecule has 2 rings (SSSR count). The van der Waals surface area contributed by atoms with Gasteiger partial charge in [-0.1, -0.05) is 0 Å². The van der Waals surface area contributed by atoms with Crippen LogP contribution in [0.1, 0.15) is 23.2 Å². The molecule has 0 spiro atoms. The highest BCUT2D eigenvalue weighted by Gasteiger charge is 2.19. The summed E-state index contributed by atoms with van der Waals surface area (Å²) in [5, 5.41) is 2.79. The number of methoxy groups -OCH3 is 2. The van der Waals surface area contributed by atoms with E-state index in [4.69, 9.17) is 9.47 Å². The molecular weight excluding hydrogens is 272 g/mol. The Bertz CT molecular complexity index is 524. The third-order valence-corrected chi connectivity index (χ3v) is 3.41. The van der Waals surface area contributed by atoms with Gasteiger partial charge in [0.15, 0.2) is 0 Å². The summed E-state index contributed by atoms with van der Waals surface area (Å²) in [6, 6.07) is 5.21. The number of nitrogens with one attached hydrogen (secondary N) is 1. The van der Waals surface area contributed by atoms with E-state index in [1.54, 1.807) is 12.1 Å². The zero-order valence-electron chi connectivity index (χ0n) is 12.3. The van der Waals surface area contributed by atoms with Gasteiger partial charge < -0.3 is 19.7 Å². The highest BCUT2D eigenvalue weighted by Crippen LogP contribution is 2.30. The fourth-order valence-electron chi connectivity index (χ4n) is 2.43. The number of amides is 1. The lowest BCUT2D eigenvalue weighted by Gasteiger charge is -2.22. The predicted molar refractivity (Wildman–Crippen MR) is 79.7 cm³/mol. The van der Waals surface area contributed by atoms with Gasteiger partial charge in [-0.3, -0.25) is 4.79 Å². The third kappa shape index (κ3) is 3.72. The van der Waals surface area contributed by atoms with Crippen LogP contribution in [0.2, 0.25) is 0 Å². The molecule has 6 heteroatoms. The molecule has 0 saturated carbocycles. The summed E-state index contributed by atoms with van der Waals surface area (Å²) in [5.74, 6) is -0.676. The smallest absolute Gasteiger partial charge is 0.337 e. The first-order valence-corrected chi connectivity index (χ1v) is 6.92. The minimum absolute atomic E-state index is 0.0259. The average molecular weight is 292 g/mol. The van der Waals surface area contributed by atoms with Gasteiger partial charge in [-0.15, -0.1) is 0 Å². The molecule has 1 amide bonds. The number of hydrogen-bond donors (Lipinski definition) is 1. The van der Waals surface area contributed by atoms with Crippen molar-refractivity contribution < 1.29 is 19.1 Å². The monoisotopic (exact) mass is 292 g/mol. The Balaban J connectivity index is 2.29. The van der Waals surface area contributed by atoms with Crippen LogP contribution in [0.5, 0.6) is 0 Å². The van der Waals surface area contributed by atoms with Gasteiger partial charge >= 0.3 is 5.97 Å². The van der Waals surface area contributed by atoms with Crippen molar-refractivity contribution in [3.05, 3.63) is 23.8 Å². The summed E-state index contributed by atoms with van der Waals surface area (Å²) in [5.41, 5.74) is 1.94. The highest BCUT2D eigenvalue weighted by molar-refractivity contribution is 5.98. The molecule has 1 N–H and O–H groups in total. The summed E-state index contributed by atoms with van der Waals surface area (Å²) in [7, 11) is 2.80. The average Bonchev–Trinajstić information content (AvgIpc) is 3.00. The second kappa shape index (κ2) is 7.08. The molecule has 0 bridgehead atoms. The topological polar surface area (TPSA) is 67.9 Å². The molecule has 0 unspecified atom stereocenters. The largest absolute Gasteiger partial charge is 0.465 e. The zero-order chi connectivity index (χ0) is 15.2. The number of nitrogens with zero attached hydrogens (tertiary/aromatic N) is 1. The lowest BCUT2D eigenvalue weighted by Crippen LogP contribution is -2.23. The van der Waals surface area contributed by atoms with Crippen molar-refractivity contribution >= 4 is 23.3 Å². The molecule has 1 heterocycles. The van der Waals surface area contributed by atoms with Gasteiger partial charge in [-0.25, -0.2) is 4.79 Å². The molecule has 1 aliphatic heterocycles. The Hall–Kier alpha value is -2.08. The summed E-state index contributed by atoms with van der Waals surface area (Å²) < 4.78 is 9.54. The first-order chi connectivity index (χ1) is 10.2. The van der Waals surface area contributed by atoms with Gasteiger partial charge in [0.2, 0.25) is 5.91 Å². The van der Waals surface area contributed by atoms with E-state index in [1.165, 1.54) is 14.2 Å². The van der Waals surface area contributed by atoms with E-state index in [1.807, 2.05) is 6.07 Å². The maximum absolute atomic E-state index is 11.8. The first kappa shape index (κ1) is 15.3. The van der Waals surface area contributed by atoms with Crippen LogP contribution < -0.4 is 10.2 Å². The lowest BCUT2D eigenvalue weighted by molar-refractivity contribution is -0.119. The standard InChI is InChI=1S/C15H20N2O4/c1-20-10-14(18)16-12-9-11(15(19)21-2)5-6-13(12)17-7-3-4-8-17/h5-6,9H,3-4,7-8,10H2,1-2H3,(H,16,18). The molecular formula is C15H20N2O4. The van der Waals surface area contributed by atoms with Crippen molar-refractivity contribution in [2.75, 3.05) is 44.1 Å². The van der Waals surface area contributed by atoms with E-state index in [9.17, 15) is 9.59 Å². The molecule has 1 aromatic carbocycles. The van der Waals surface area contributed by atoms with Crippen LogP contribution >= 0.6 is 0 Å². The summed E-state index contributed by atoms with van der Waals surface area (Å²) >= 11 is 0. The van der Waals surface area contributed by atoms with Gasteiger partial charge in [0.05, 0.1) is 24.0 Å². The molecule has 6 nitrogen and oxygen atoms in total. The van der Waals surface area contributed by atoms with Crippen LogP contribution in [-0.2, 0) is 14.3 Å². The van der Waals surface area contributed by atoms with E-state index < -0.39 is 5.97 Å². The molecule has 0 aromatic heterocycles. The van der Waals surface area contributed by atoms with Gasteiger partial charge in [0.25, 0.3) is 0 Å². The van der Waals surface area contributed by atoms with Crippen LogP contribution in [0.4, 0.5) is 11.4 Å². The predicted octanol–water partition coefficient (Wildman–Crippen LogP) is 1.66. The van der Waals surface area contributed by atoms with E-state index in [-0.39, 0.29) is 12.5 Å². The number of carbonyl (C=O) groups is 2. The molecule has 114 valence electrons. The molecule has 1 aromatic rings. The minimum atomic E-state index is -0.426. The lowest BCUT2D eigenvalue weighted by atomic mass is 10.1. The van der Waals surface area contributed by atoms with Crippen LogP contribution in [0.3, 0.4) is 0 Å². The second-order valence-electron chi connectivity index (χ2n) is 4.90. The number of hydrogen-bond acceptors (Lipinski definition) is 5. The number of rotatable bonds is 5. The Kier molecular flexibility index (Phi) is 5.16. The van der Waals surface area contributed by atoms with E-state index in [0.717, 1.165) is 31.6 Å². The Labute approximate surface area is 124 Å². The summed E-state index contributed by atoms with van der Waals surface area (Å²) in [4.78, 5) is 25.6. The maximum atomic E-state index is 11.8. The molecule has 1 fully saturated rings. The molecule has 0 atom stereocenters. The van der Waals surface area contributed by atoms with E-state index >= 15 is 0 Å². The van der Waals surface area contributed by atoms with Crippen molar-refractivity contribution in [1.29, 1.82) is 0 Å². The van der Waals surface area contributed by atoms with E-state index in [2.05, 4.69) is 10.2 Å². The number of benzene rings is 1. The molecule has 0 aliphatic carbocycles. The third-order valence-electron chi connectivity index (χ3n) is 3.41. The fraction of sp³-hybridized carbons (Fsp3) is 0.467. The van der Waals surface area contributed by atoms with Gasteiger partial charge in [0.1, 0.15) is 6.61 Å². The van der Waals surface area contributed by atoms with Gasteiger partial charge in [0, 0.05) is 20.2 Å². The highest BCUT2D eigenvalue weighted by atomic mass is 16.5. The second-order valence-corrected chi connectivity index (χ2v) is 4.90. The van der Waals surface area contributed by atoms with Crippen molar-refractivity contribution in [1.82, 2.24) is 0 Å². The van der Waals surface area contributed by atoms with Crippen LogP contribution in [0.25, 0.3) is 0 Å². The number of carbonyl (C=O) groups excluding carboxylic acids is 2. The van der Waals surface area contributed by atoms with Crippen molar-refractivity contribution in [3.63, 3.8) is 0 Å². The maximum Gasteiger partial charge on any atom is 0.337 e. The molecule has 21 heavy (non-hydrogen) atoms. The zero-order valence-corrected chi connectivity index (χ0v) is 12.3. The fourth-order valence-corrected chi connectivity index (χ4v) is 2.43. The molecule has 1 aliphatic rings. The number of esters is 1. The Morgan fingerprint density at radius 1 is 1.24 bits per heavy atom. The molecule has 0 radical (unpaired) electrons. The van der Waals surface area contributed by atoms with Crippen LogP contribution in [0.15, 0.2) is 18.2 Å². The Morgan fingerprint density at radius 3 is 2.57 bits per heavy atom. The normalized spacial score (nSPS) is 14.1. The number of ether oxygens (including phenoxy) is 2. The van der Waals surface area contributed by atoms with Crippen LogP contribution in [0, 0.1) is 0 Å². The Morgan fingerprint density at radius 2 is 1.95 bits per heavy atom. The van der Waals surface area contributed by atoms with E-state index in [0.29, 0.717) is 11.3 Å². The minimum Gasteiger partial charge on any atom is -0.465 e. The van der Waals surface area contributed by atoms with Crippen molar-refractivity contribution in [3.8, 4) is 0 Å². The molecule has 1 saturated heterocycles. The quantitative estimate of drug-likeness (QED) is 0.836. The van der Waals surface area contributed by atoms with Crippen molar-refractivity contribution in [2.24, 2.45) is 0 Å². The SMILES string of the molecule is COCC(=O)Nc1cc(C(=O)OC)ccc1N1CCCC1. The summed E-state index contributed by atoms with van der Waals surface area (Å²) in [6.45, 7) is 1.87. The van der Waals surface area contributed by atoms with Gasteiger partial charge in [-0.2, -0.15) is 0 Å². The van der Waals surface area contributed by atoms with Gasteiger partial charge in [-0.05, 0) is 31.0 Å². The van der Waals surface area contributed by atoms with Crippen molar-refractivity contribution in [2.45, 2.75) is 12.8 Å². The van der Waals surface area contributed by atoms with Crippen LogP contribution in [-0.4, -0.2) is 45.8 Å².